The van der Waals surface area contributed by atoms with Gasteiger partial charge in [0.15, 0.2) is 0 Å². The van der Waals surface area contributed by atoms with Crippen molar-refractivity contribution in [1.29, 1.82) is 0 Å². The van der Waals surface area contributed by atoms with Gasteiger partial charge in [-0.25, -0.2) is 4.98 Å². The van der Waals surface area contributed by atoms with Gasteiger partial charge < -0.3 is 19.7 Å². The SMILES string of the molecule is O=CC1(N2Cc3cccnc3Nc3ccc(Br)cc32)CCC(OCC(F)(F)F)CC1. The maximum atomic E-state index is 12.5. The van der Waals surface area contributed by atoms with E-state index in [1.807, 2.05) is 30.3 Å². The number of aromatic nitrogens is 1. The molecule has 1 fully saturated rings. The summed E-state index contributed by atoms with van der Waals surface area (Å²) in [6, 6.07) is 9.59. The number of nitrogens with zero attached hydrogens (tertiary/aromatic N) is 2. The van der Waals surface area contributed by atoms with Crippen molar-refractivity contribution in [3.63, 3.8) is 0 Å². The minimum Gasteiger partial charge on any atom is -0.369 e. The zero-order chi connectivity index (χ0) is 21.4. The number of alkyl halides is 3. The van der Waals surface area contributed by atoms with Crippen LogP contribution in [0.3, 0.4) is 0 Å². The van der Waals surface area contributed by atoms with Crippen LogP contribution in [0.25, 0.3) is 0 Å². The maximum Gasteiger partial charge on any atom is 0.411 e. The molecule has 0 unspecified atom stereocenters. The molecular formula is C21H21BrF3N3O2. The Balaban J connectivity index is 1.64. The molecule has 4 rings (SSSR count). The Hall–Kier alpha value is -2.13. The van der Waals surface area contributed by atoms with Gasteiger partial charge in [-0.15, -0.1) is 0 Å². The minimum absolute atomic E-state index is 0.391. The lowest BCUT2D eigenvalue weighted by Crippen LogP contribution is -2.53. The first-order chi connectivity index (χ1) is 14.3. The van der Waals surface area contributed by atoms with E-state index in [2.05, 4.69) is 31.1 Å². The molecule has 0 atom stereocenters. The number of aldehydes is 1. The number of rotatable bonds is 4. The number of carbonyl (C=O) groups excluding carboxylic acids is 1. The van der Waals surface area contributed by atoms with Crippen LogP contribution in [0.1, 0.15) is 31.2 Å². The predicted octanol–water partition coefficient (Wildman–Crippen LogP) is 5.37. The predicted molar refractivity (Wildman–Crippen MR) is 111 cm³/mol. The zero-order valence-corrected chi connectivity index (χ0v) is 17.7. The van der Waals surface area contributed by atoms with Gasteiger partial charge in [0.1, 0.15) is 18.7 Å². The molecule has 0 saturated heterocycles. The molecule has 1 aromatic heterocycles. The lowest BCUT2D eigenvalue weighted by Gasteiger charge is -2.45. The summed E-state index contributed by atoms with van der Waals surface area (Å²) in [5, 5.41) is 3.35. The van der Waals surface area contributed by atoms with Crippen LogP contribution in [0.5, 0.6) is 0 Å². The molecular weight excluding hydrogens is 463 g/mol. The first kappa shape index (κ1) is 21.1. The van der Waals surface area contributed by atoms with Gasteiger partial charge >= 0.3 is 6.18 Å². The first-order valence-electron chi connectivity index (χ1n) is 9.72. The second-order valence-electron chi connectivity index (χ2n) is 7.73. The second kappa shape index (κ2) is 8.19. The van der Waals surface area contributed by atoms with E-state index >= 15 is 0 Å². The highest BCUT2D eigenvalue weighted by Gasteiger charge is 2.43. The van der Waals surface area contributed by atoms with Crippen LogP contribution in [-0.2, 0) is 16.1 Å². The Bertz CT molecular complexity index is 930. The largest absolute Gasteiger partial charge is 0.411 e. The lowest BCUT2D eigenvalue weighted by atomic mass is 9.79. The second-order valence-corrected chi connectivity index (χ2v) is 8.65. The van der Waals surface area contributed by atoms with Crippen molar-refractivity contribution in [2.75, 3.05) is 16.8 Å². The molecule has 1 aliphatic carbocycles. The van der Waals surface area contributed by atoms with Gasteiger partial charge in [0.25, 0.3) is 0 Å². The average Bonchev–Trinajstić information content (AvgIpc) is 2.89. The molecule has 1 aromatic carbocycles. The summed E-state index contributed by atoms with van der Waals surface area (Å²) in [6.07, 6.45) is -0.582. The maximum absolute atomic E-state index is 12.5. The lowest BCUT2D eigenvalue weighted by molar-refractivity contribution is -0.188. The van der Waals surface area contributed by atoms with Crippen LogP contribution in [-0.4, -0.2) is 35.7 Å². The fourth-order valence-corrected chi connectivity index (χ4v) is 4.56. The van der Waals surface area contributed by atoms with Crippen molar-refractivity contribution in [3.8, 4) is 0 Å². The summed E-state index contributed by atoms with van der Waals surface area (Å²) in [4.78, 5) is 18.9. The molecule has 1 saturated carbocycles. The molecule has 5 nitrogen and oxygen atoms in total. The van der Waals surface area contributed by atoms with Crippen molar-refractivity contribution in [3.05, 3.63) is 46.6 Å². The van der Waals surface area contributed by atoms with Crippen molar-refractivity contribution in [2.24, 2.45) is 0 Å². The number of halogens is 4. The highest BCUT2D eigenvalue weighted by molar-refractivity contribution is 9.10. The fourth-order valence-electron chi connectivity index (χ4n) is 4.21. The monoisotopic (exact) mass is 483 g/mol. The molecule has 1 aliphatic heterocycles. The number of carbonyl (C=O) groups is 1. The van der Waals surface area contributed by atoms with E-state index in [4.69, 9.17) is 4.74 Å². The topological polar surface area (TPSA) is 54.5 Å². The number of ether oxygens (including phenoxy) is 1. The molecule has 9 heteroatoms. The van der Waals surface area contributed by atoms with E-state index in [0.29, 0.717) is 32.2 Å². The number of hydrogen-bond acceptors (Lipinski definition) is 5. The Morgan fingerprint density at radius 1 is 1.30 bits per heavy atom. The summed E-state index contributed by atoms with van der Waals surface area (Å²) < 4.78 is 43.4. The number of anilines is 3. The van der Waals surface area contributed by atoms with Gasteiger partial charge in [0, 0.05) is 22.8 Å². The minimum atomic E-state index is -4.35. The molecule has 30 heavy (non-hydrogen) atoms. The van der Waals surface area contributed by atoms with E-state index in [9.17, 15) is 18.0 Å². The van der Waals surface area contributed by atoms with Gasteiger partial charge in [-0.05, 0) is 49.9 Å². The molecule has 1 N–H and O–H groups in total. The summed E-state index contributed by atoms with van der Waals surface area (Å²) >= 11 is 3.51. The number of pyridine rings is 1. The van der Waals surface area contributed by atoms with Gasteiger partial charge in [-0.3, -0.25) is 0 Å². The van der Waals surface area contributed by atoms with Crippen molar-refractivity contribution >= 4 is 39.4 Å². The third-order valence-electron chi connectivity index (χ3n) is 5.76. The van der Waals surface area contributed by atoms with Crippen molar-refractivity contribution in [1.82, 2.24) is 4.98 Å². The zero-order valence-electron chi connectivity index (χ0n) is 16.1. The smallest absolute Gasteiger partial charge is 0.369 e. The molecule has 2 aromatic rings. The molecule has 0 amide bonds. The molecule has 0 spiro atoms. The number of nitrogens with one attached hydrogen (secondary N) is 1. The molecule has 0 radical (unpaired) electrons. The Morgan fingerprint density at radius 3 is 2.77 bits per heavy atom. The first-order valence-corrected chi connectivity index (χ1v) is 10.5. The Morgan fingerprint density at radius 2 is 2.07 bits per heavy atom. The summed E-state index contributed by atoms with van der Waals surface area (Å²) in [5.74, 6) is 0.729. The van der Waals surface area contributed by atoms with Crippen LogP contribution in [0.2, 0.25) is 0 Å². The van der Waals surface area contributed by atoms with Gasteiger partial charge in [0.05, 0.1) is 23.0 Å². The third kappa shape index (κ3) is 4.32. The third-order valence-corrected chi connectivity index (χ3v) is 6.25. The van der Waals surface area contributed by atoms with Crippen LogP contribution < -0.4 is 10.2 Å². The van der Waals surface area contributed by atoms with E-state index in [-0.39, 0.29) is 0 Å². The Kier molecular flexibility index (Phi) is 5.76. The molecule has 0 bridgehead atoms. The van der Waals surface area contributed by atoms with Crippen molar-refractivity contribution in [2.45, 2.75) is 50.0 Å². The van der Waals surface area contributed by atoms with E-state index in [0.717, 1.165) is 33.5 Å². The quantitative estimate of drug-likeness (QED) is 0.592. The van der Waals surface area contributed by atoms with Crippen molar-refractivity contribution < 1.29 is 22.7 Å². The van der Waals surface area contributed by atoms with Gasteiger partial charge in [-0.1, -0.05) is 22.0 Å². The van der Waals surface area contributed by atoms with Gasteiger partial charge in [0.2, 0.25) is 0 Å². The van der Waals surface area contributed by atoms with Crippen LogP contribution >= 0.6 is 15.9 Å². The summed E-state index contributed by atoms with van der Waals surface area (Å²) in [6.45, 7) is -0.791. The van der Waals surface area contributed by atoms with E-state index in [1.165, 1.54) is 0 Å². The number of fused-ring (bicyclic) bond motifs is 2. The fraction of sp³-hybridized carbons (Fsp3) is 0.429. The van der Waals surface area contributed by atoms with E-state index < -0.39 is 24.4 Å². The van der Waals surface area contributed by atoms with Gasteiger partial charge in [-0.2, -0.15) is 13.2 Å². The highest BCUT2D eigenvalue weighted by Crippen LogP contribution is 2.44. The molecule has 2 aliphatic rings. The molecule has 160 valence electrons. The normalized spacial score (nSPS) is 23.7. The van der Waals surface area contributed by atoms with Crippen LogP contribution in [0, 0.1) is 0 Å². The Labute approximate surface area is 180 Å². The summed E-state index contributed by atoms with van der Waals surface area (Å²) in [7, 11) is 0. The summed E-state index contributed by atoms with van der Waals surface area (Å²) in [5.41, 5.74) is 1.80. The standard InChI is InChI=1S/C21H21BrF3N3O2/c22-15-3-4-17-18(10-15)28(11-14-2-1-9-26-19(14)27-17)20(12-29)7-5-16(6-8-20)30-13-21(23,24)25/h1-4,9-10,12,16H,5-8,11,13H2,(H,26,27). The van der Waals surface area contributed by atoms with E-state index in [1.54, 1.807) is 6.20 Å². The number of benzene rings is 1. The molecule has 2 heterocycles. The highest BCUT2D eigenvalue weighted by atomic mass is 79.9. The van der Waals surface area contributed by atoms with Crippen LogP contribution in [0.4, 0.5) is 30.4 Å². The average molecular weight is 484 g/mol. The van der Waals surface area contributed by atoms with Crippen LogP contribution in [0.15, 0.2) is 41.0 Å². The number of hydrogen-bond donors (Lipinski definition) is 1.